The number of carbonyl (C=O) groups excluding carboxylic acids is 2. The Morgan fingerprint density at radius 2 is 1.77 bits per heavy atom. The lowest BCUT2D eigenvalue weighted by molar-refractivity contribution is -0.131. The summed E-state index contributed by atoms with van der Waals surface area (Å²) in [4.78, 5) is 26.5. The summed E-state index contributed by atoms with van der Waals surface area (Å²) in [6.07, 6.45) is 0.839. The molecule has 0 saturated carbocycles. The van der Waals surface area contributed by atoms with E-state index in [1.54, 1.807) is 23.1 Å². The third-order valence-electron chi connectivity index (χ3n) is 4.53. The van der Waals surface area contributed by atoms with E-state index >= 15 is 0 Å². The van der Waals surface area contributed by atoms with Crippen LogP contribution in [0.25, 0.3) is 0 Å². The average Bonchev–Trinajstić information content (AvgIpc) is 2.70. The maximum atomic E-state index is 12.4. The number of hydrogen-bond donors (Lipinski definition) is 1. The molecular formula is C20H22N2O4. The standard InChI is InChI=1S/C20H22N2O4/c1-25-17-8-7-15(11-18(17)26-2)20(24)21-12-19(23)22-10-9-14-5-3-4-6-16(14)13-22/h3-8,11H,9-10,12-13H2,1-2H3,(H,21,24). The molecule has 0 unspecified atom stereocenters. The number of nitrogens with zero attached hydrogens (tertiary/aromatic N) is 1. The predicted octanol–water partition coefficient (Wildman–Crippen LogP) is 2.02. The highest BCUT2D eigenvalue weighted by molar-refractivity contribution is 5.97. The van der Waals surface area contributed by atoms with E-state index in [1.165, 1.54) is 25.3 Å². The Kier molecular flexibility index (Phi) is 5.41. The van der Waals surface area contributed by atoms with Gasteiger partial charge in [0.25, 0.3) is 5.91 Å². The van der Waals surface area contributed by atoms with Gasteiger partial charge in [-0.3, -0.25) is 9.59 Å². The molecule has 0 radical (unpaired) electrons. The normalized spacial score (nSPS) is 12.9. The highest BCUT2D eigenvalue weighted by atomic mass is 16.5. The first-order chi connectivity index (χ1) is 12.6. The minimum Gasteiger partial charge on any atom is -0.493 e. The van der Waals surface area contributed by atoms with Crippen molar-refractivity contribution in [2.75, 3.05) is 27.3 Å². The molecule has 1 aliphatic rings. The molecule has 2 aromatic carbocycles. The second-order valence-electron chi connectivity index (χ2n) is 6.09. The maximum absolute atomic E-state index is 12.4. The smallest absolute Gasteiger partial charge is 0.251 e. The SMILES string of the molecule is COc1ccc(C(=O)NCC(=O)N2CCc3ccccc3C2)cc1OC. The molecule has 26 heavy (non-hydrogen) atoms. The number of ether oxygens (including phenoxy) is 2. The highest BCUT2D eigenvalue weighted by Gasteiger charge is 2.21. The first-order valence-electron chi connectivity index (χ1n) is 8.47. The summed E-state index contributed by atoms with van der Waals surface area (Å²) in [6.45, 7) is 1.22. The van der Waals surface area contributed by atoms with Crippen LogP contribution >= 0.6 is 0 Å². The molecule has 0 fully saturated rings. The molecule has 6 nitrogen and oxygen atoms in total. The van der Waals surface area contributed by atoms with Crippen molar-refractivity contribution in [1.82, 2.24) is 10.2 Å². The van der Waals surface area contributed by atoms with E-state index in [-0.39, 0.29) is 18.4 Å². The van der Waals surface area contributed by atoms with Crippen molar-refractivity contribution in [1.29, 1.82) is 0 Å². The summed E-state index contributed by atoms with van der Waals surface area (Å²) in [5.74, 6) is 0.608. The van der Waals surface area contributed by atoms with Gasteiger partial charge in [0.15, 0.2) is 11.5 Å². The number of benzene rings is 2. The van der Waals surface area contributed by atoms with Gasteiger partial charge in [0.05, 0.1) is 20.8 Å². The van der Waals surface area contributed by atoms with Gasteiger partial charge in [-0.15, -0.1) is 0 Å². The van der Waals surface area contributed by atoms with Crippen molar-refractivity contribution < 1.29 is 19.1 Å². The summed E-state index contributed by atoms with van der Waals surface area (Å²) >= 11 is 0. The van der Waals surface area contributed by atoms with Crippen LogP contribution in [0.2, 0.25) is 0 Å². The molecule has 1 N–H and O–H groups in total. The van der Waals surface area contributed by atoms with Crippen LogP contribution in [-0.2, 0) is 17.8 Å². The van der Waals surface area contributed by atoms with Gasteiger partial charge < -0.3 is 19.7 Å². The molecule has 0 atom stereocenters. The topological polar surface area (TPSA) is 67.9 Å². The molecule has 3 rings (SSSR count). The molecule has 0 aliphatic carbocycles. The molecule has 136 valence electrons. The van der Waals surface area contributed by atoms with Crippen LogP contribution in [0.3, 0.4) is 0 Å². The van der Waals surface area contributed by atoms with Crippen molar-refractivity contribution in [2.45, 2.75) is 13.0 Å². The van der Waals surface area contributed by atoms with Crippen molar-refractivity contribution in [2.24, 2.45) is 0 Å². The van der Waals surface area contributed by atoms with Crippen LogP contribution in [0.5, 0.6) is 11.5 Å². The highest BCUT2D eigenvalue weighted by Crippen LogP contribution is 2.27. The van der Waals surface area contributed by atoms with Gasteiger partial charge in [-0.2, -0.15) is 0 Å². The Morgan fingerprint density at radius 3 is 2.50 bits per heavy atom. The first kappa shape index (κ1) is 17.8. The second-order valence-corrected chi connectivity index (χ2v) is 6.09. The van der Waals surface area contributed by atoms with Crippen molar-refractivity contribution in [3.63, 3.8) is 0 Å². The molecule has 1 heterocycles. The van der Waals surface area contributed by atoms with E-state index in [1.807, 2.05) is 18.2 Å². The Morgan fingerprint density at radius 1 is 1.04 bits per heavy atom. The third kappa shape index (κ3) is 3.79. The third-order valence-corrected chi connectivity index (χ3v) is 4.53. The van der Waals surface area contributed by atoms with Crippen LogP contribution in [0, 0.1) is 0 Å². The number of amides is 2. The van der Waals surface area contributed by atoms with Crippen LogP contribution in [0.1, 0.15) is 21.5 Å². The van der Waals surface area contributed by atoms with E-state index in [0.717, 1.165) is 6.42 Å². The average molecular weight is 354 g/mol. The van der Waals surface area contributed by atoms with Gasteiger partial charge in [0, 0.05) is 18.7 Å². The Bertz CT molecular complexity index is 819. The van der Waals surface area contributed by atoms with Gasteiger partial charge >= 0.3 is 0 Å². The lowest BCUT2D eigenvalue weighted by atomic mass is 10.00. The van der Waals surface area contributed by atoms with E-state index in [0.29, 0.717) is 30.2 Å². The van der Waals surface area contributed by atoms with Gasteiger partial charge in [-0.25, -0.2) is 0 Å². The van der Waals surface area contributed by atoms with E-state index in [4.69, 9.17) is 9.47 Å². The Balaban J connectivity index is 1.59. The van der Waals surface area contributed by atoms with Gasteiger partial charge in [0.2, 0.25) is 5.91 Å². The van der Waals surface area contributed by atoms with Crippen molar-refractivity contribution in [3.8, 4) is 11.5 Å². The van der Waals surface area contributed by atoms with Gasteiger partial charge in [-0.1, -0.05) is 24.3 Å². The lowest BCUT2D eigenvalue weighted by Crippen LogP contribution is -2.42. The number of methoxy groups -OCH3 is 2. The Hall–Kier alpha value is -3.02. The zero-order valence-corrected chi connectivity index (χ0v) is 15.0. The zero-order chi connectivity index (χ0) is 18.5. The lowest BCUT2D eigenvalue weighted by Gasteiger charge is -2.29. The molecular weight excluding hydrogens is 332 g/mol. The molecule has 1 aliphatic heterocycles. The number of hydrogen-bond acceptors (Lipinski definition) is 4. The molecule has 6 heteroatoms. The van der Waals surface area contributed by atoms with E-state index < -0.39 is 0 Å². The summed E-state index contributed by atoms with van der Waals surface area (Å²) in [5.41, 5.74) is 2.86. The maximum Gasteiger partial charge on any atom is 0.251 e. The predicted molar refractivity (Wildman–Crippen MR) is 97.4 cm³/mol. The summed E-state index contributed by atoms with van der Waals surface area (Å²) < 4.78 is 10.4. The monoisotopic (exact) mass is 354 g/mol. The minimum atomic E-state index is -0.322. The summed E-state index contributed by atoms with van der Waals surface area (Å²) in [5, 5.41) is 2.68. The first-order valence-corrected chi connectivity index (χ1v) is 8.47. The fourth-order valence-corrected chi connectivity index (χ4v) is 3.06. The number of carbonyl (C=O) groups is 2. The van der Waals surface area contributed by atoms with Crippen LogP contribution < -0.4 is 14.8 Å². The number of fused-ring (bicyclic) bond motifs is 1. The second kappa shape index (κ2) is 7.91. The quantitative estimate of drug-likeness (QED) is 0.892. The van der Waals surface area contributed by atoms with Gasteiger partial charge in [0.1, 0.15) is 0 Å². The summed E-state index contributed by atoms with van der Waals surface area (Å²) in [6, 6.07) is 13.0. The fraction of sp³-hybridized carbons (Fsp3) is 0.300. The van der Waals surface area contributed by atoms with E-state index in [2.05, 4.69) is 11.4 Å². The molecule has 0 saturated heterocycles. The molecule has 2 amide bonds. The summed E-state index contributed by atoms with van der Waals surface area (Å²) in [7, 11) is 3.05. The Labute approximate surface area is 152 Å². The molecule has 2 aromatic rings. The molecule has 0 aromatic heterocycles. The molecule has 0 spiro atoms. The van der Waals surface area contributed by atoms with Crippen LogP contribution in [0.15, 0.2) is 42.5 Å². The van der Waals surface area contributed by atoms with Crippen LogP contribution in [0.4, 0.5) is 0 Å². The fourth-order valence-electron chi connectivity index (χ4n) is 3.06. The van der Waals surface area contributed by atoms with Crippen LogP contribution in [-0.4, -0.2) is 44.0 Å². The van der Waals surface area contributed by atoms with Gasteiger partial charge in [-0.05, 0) is 35.7 Å². The minimum absolute atomic E-state index is 0.0324. The number of rotatable bonds is 5. The largest absolute Gasteiger partial charge is 0.493 e. The number of nitrogens with one attached hydrogen (secondary N) is 1. The van der Waals surface area contributed by atoms with Crippen molar-refractivity contribution in [3.05, 3.63) is 59.2 Å². The van der Waals surface area contributed by atoms with Crippen molar-refractivity contribution >= 4 is 11.8 Å². The molecule has 0 bridgehead atoms. The zero-order valence-electron chi connectivity index (χ0n) is 15.0. The van der Waals surface area contributed by atoms with E-state index in [9.17, 15) is 9.59 Å².